The summed E-state index contributed by atoms with van der Waals surface area (Å²) in [6.45, 7) is 0. The van der Waals surface area contributed by atoms with Crippen molar-refractivity contribution in [1.29, 1.82) is 0 Å². The van der Waals surface area contributed by atoms with Gasteiger partial charge >= 0.3 is 0 Å². The molecular formula is C31H26N2O10S3. The highest BCUT2D eigenvalue weighted by molar-refractivity contribution is 8.18. The van der Waals surface area contributed by atoms with Gasteiger partial charge in [0.25, 0.3) is 16.4 Å². The lowest BCUT2D eigenvalue weighted by atomic mass is 10.1. The van der Waals surface area contributed by atoms with E-state index in [0.717, 1.165) is 52.7 Å². The van der Waals surface area contributed by atoms with Crippen molar-refractivity contribution < 1.29 is 48.9 Å². The van der Waals surface area contributed by atoms with Gasteiger partial charge < -0.3 is 15.3 Å². The first-order valence-corrected chi connectivity index (χ1v) is 15.8. The Morgan fingerprint density at radius 1 is 0.717 bits per heavy atom. The number of aldehydes is 1. The molecule has 46 heavy (non-hydrogen) atoms. The van der Waals surface area contributed by atoms with E-state index in [1.165, 1.54) is 24.3 Å². The molecule has 3 aliphatic heterocycles. The molecular weight excluding hydrogens is 657 g/mol. The van der Waals surface area contributed by atoms with Gasteiger partial charge in [0, 0.05) is 5.56 Å². The minimum absolute atomic E-state index is 0.0185. The van der Waals surface area contributed by atoms with Gasteiger partial charge in [0.15, 0.2) is 10.9 Å². The minimum Gasteiger partial charge on any atom is -0.508 e. The Bertz CT molecular complexity index is 1630. The van der Waals surface area contributed by atoms with E-state index in [1.54, 1.807) is 54.6 Å². The SMILES string of the molecule is O=C1CSC(=O)C1.O=C1NC(=O)/C(=C/c2ccc(O)cc2)S1.O=C1NC(=O)C(Cc2ccc(O)cc2)S1.O=Cc1ccc(O)cc1. The van der Waals surface area contributed by atoms with E-state index in [0.29, 0.717) is 22.6 Å². The van der Waals surface area contributed by atoms with E-state index in [1.807, 2.05) is 0 Å². The number of thioether (sulfide) groups is 3. The average Bonchev–Trinajstić information content (AvgIpc) is 3.67. The number of nitrogens with one attached hydrogen (secondary N) is 2. The molecule has 4 amide bonds. The number of benzene rings is 3. The molecule has 5 N–H and O–H groups in total. The van der Waals surface area contributed by atoms with E-state index in [-0.39, 0.29) is 62.1 Å². The minimum atomic E-state index is -0.377. The molecule has 3 heterocycles. The Labute approximate surface area is 275 Å². The summed E-state index contributed by atoms with van der Waals surface area (Å²) < 4.78 is 0. The largest absolute Gasteiger partial charge is 0.508 e. The summed E-state index contributed by atoms with van der Waals surface area (Å²) in [5.74, 6) is 0.389. The molecule has 0 radical (unpaired) electrons. The van der Waals surface area contributed by atoms with Crippen LogP contribution in [0.5, 0.6) is 17.2 Å². The van der Waals surface area contributed by atoms with Crippen molar-refractivity contribution in [3.05, 3.63) is 94.4 Å². The van der Waals surface area contributed by atoms with Crippen molar-refractivity contribution in [3.8, 4) is 17.2 Å². The molecule has 0 bridgehead atoms. The zero-order valence-corrected chi connectivity index (χ0v) is 26.2. The maximum Gasteiger partial charge on any atom is 0.290 e. The molecule has 3 saturated heterocycles. The number of phenols is 3. The van der Waals surface area contributed by atoms with Crippen LogP contribution in [-0.2, 0) is 25.6 Å². The zero-order chi connectivity index (χ0) is 33.6. The molecule has 0 aromatic heterocycles. The van der Waals surface area contributed by atoms with Crippen LogP contribution in [0.1, 0.15) is 27.9 Å². The Morgan fingerprint density at radius 3 is 1.65 bits per heavy atom. The van der Waals surface area contributed by atoms with E-state index < -0.39 is 0 Å². The molecule has 15 heteroatoms. The lowest BCUT2D eigenvalue weighted by Gasteiger charge is -2.04. The predicted molar refractivity (Wildman–Crippen MR) is 175 cm³/mol. The number of imide groups is 2. The van der Waals surface area contributed by atoms with Gasteiger partial charge in [-0.1, -0.05) is 47.8 Å². The lowest BCUT2D eigenvalue weighted by molar-refractivity contribution is -0.120. The fourth-order valence-corrected chi connectivity index (χ4v) is 5.72. The van der Waals surface area contributed by atoms with Gasteiger partial charge in [-0.25, -0.2) is 0 Å². The summed E-state index contributed by atoms with van der Waals surface area (Å²) in [7, 11) is 0. The molecule has 3 aromatic carbocycles. The molecule has 3 aromatic rings. The first-order chi connectivity index (χ1) is 21.9. The van der Waals surface area contributed by atoms with Crippen LogP contribution in [0, 0.1) is 0 Å². The predicted octanol–water partition coefficient (Wildman–Crippen LogP) is 4.43. The Kier molecular flexibility index (Phi) is 13.6. The van der Waals surface area contributed by atoms with Crippen molar-refractivity contribution in [3.63, 3.8) is 0 Å². The van der Waals surface area contributed by atoms with E-state index in [4.69, 9.17) is 15.3 Å². The molecule has 3 aliphatic rings. The molecule has 12 nitrogen and oxygen atoms in total. The van der Waals surface area contributed by atoms with Crippen LogP contribution in [0.25, 0.3) is 6.08 Å². The monoisotopic (exact) mass is 682 g/mol. The van der Waals surface area contributed by atoms with Gasteiger partial charge in [-0.3, -0.25) is 44.2 Å². The number of carbonyl (C=O) groups is 7. The Hall–Kier alpha value is -4.86. The Balaban J connectivity index is 0.000000175. The van der Waals surface area contributed by atoms with Crippen molar-refractivity contribution in [2.45, 2.75) is 18.1 Å². The molecule has 0 spiro atoms. The lowest BCUT2D eigenvalue weighted by Crippen LogP contribution is -2.25. The molecule has 6 rings (SSSR count). The van der Waals surface area contributed by atoms with Crippen molar-refractivity contribution >= 4 is 80.8 Å². The fraction of sp³-hybridized carbons (Fsp3) is 0.129. The quantitative estimate of drug-likeness (QED) is 0.147. The zero-order valence-electron chi connectivity index (χ0n) is 23.7. The normalized spacial score (nSPS) is 17.6. The third-order valence-electron chi connectivity index (χ3n) is 5.72. The van der Waals surface area contributed by atoms with E-state index in [2.05, 4.69) is 10.6 Å². The number of aromatic hydroxyl groups is 3. The topological polar surface area (TPSA) is 204 Å². The molecule has 0 aliphatic carbocycles. The first-order valence-electron chi connectivity index (χ1n) is 13.2. The van der Waals surface area contributed by atoms with Gasteiger partial charge in [-0.15, -0.1) is 0 Å². The van der Waals surface area contributed by atoms with Crippen molar-refractivity contribution in [1.82, 2.24) is 10.6 Å². The molecule has 1 atom stereocenters. The van der Waals surface area contributed by atoms with Crippen molar-refractivity contribution in [2.24, 2.45) is 0 Å². The third-order valence-corrected chi connectivity index (χ3v) is 8.45. The molecule has 3 fully saturated rings. The summed E-state index contributed by atoms with van der Waals surface area (Å²) in [6, 6.07) is 19.1. The number of carbonyl (C=O) groups excluding carboxylic acids is 7. The smallest absolute Gasteiger partial charge is 0.290 e. The summed E-state index contributed by atoms with van der Waals surface area (Å²) in [5, 5.41) is 30.3. The standard InChI is InChI=1S/C10H9NO3S.C10H7NO3S.C7H6O2.C4H4O2S/c2*12-7-3-1-6(2-4-7)5-8-9(13)11-10(14)15-8;8-5-6-1-3-7(9)4-2-6;5-3-1-4(6)7-2-3/h1-4,8,12H,5H2,(H,11,13,14);1-5,12H,(H,11,13,14);1-5,9H;1-2H2/b;8-5-;;. The summed E-state index contributed by atoms with van der Waals surface area (Å²) in [6.07, 6.45) is 3.00. The number of ketones is 1. The second-order valence-electron chi connectivity index (χ2n) is 9.28. The van der Waals surface area contributed by atoms with Crippen LogP contribution >= 0.6 is 35.3 Å². The van der Waals surface area contributed by atoms with Gasteiger partial charge in [0.2, 0.25) is 5.91 Å². The van der Waals surface area contributed by atoms with Gasteiger partial charge in [0.1, 0.15) is 23.5 Å². The first kappa shape index (κ1) is 35.6. The second kappa shape index (κ2) is 17.6. The van der Waals surface area contributed by atoms with Gasteiger partial charge in [0.05, 0.1) is 22.3 Å². The summed E-state index contributed by atoms with van der Waals surface area (Å²) >= 11 is 3.00. The summed E-state index contributed by atoms with van der Waals surface area (Å²) in [5.41, 5.74) is 2.27. The highest BCUT2D eigenvalue weighted by atomic mass is 32.2. The second-order valence-corrected chi connectivity index (χ2v) is 12.5. The number of phenolic OH excluding ortho intramolecular Hbond substituents is 3. The highest BCUT2D eigenvalue weighted by Gasteiger charge is 2.31. The van der Waals surface area contributed by atoms with Crippen LogP contribution in [0.3, 0.4) is 0 Å². The molecule has 1 unspecified atom stereocenters. The van der Waals surface area contributed by atoms with Gasteiger partial charge in [-0.05, 0) is 83.9 Å². The average molecular weight is 683 g/mol. The number of hydrogen-bond acceptors (Lipinski definition) is 13. The molecule has 0 saturated carbocycles. The van der Waals surface area contributed by atoms with E-state index >= 15 is 0 Å². The number of Topliss-reactive ketones (excluding diaryl/α,β-unsaturated/α-hetero) is 1. The van der Waals surface area contributed by atoms with Crippen LogP contribution in [-0.4, -0.2) is 65.8 Å². The van der Waals surface area contributed by atoms with Crippen LogP contribution in [0.4, 0.5) is 9.59 Å². The summed E-state index contributed by atoms with van der Waals surface area (Å²) in [4.78, 5) is 75.0. The van der Waals surface area contributed by atoms with Crippen molar-refractivity contribution in [2.75, 3.05) is 5.75 Å². The number of hydrogen-bond donors (Lipinski definition) is 5. The third kappa shape index (κ3) is 12.3. The van der Waals surface area contributed by atoms with E-state index in [9.17, 15) is 33.6 Å². The Morgan fingerprint density at radius 2 is 1.26 bits per heavy atom. The number of amides is 4. The maximum absolute atomic E-state index is 11.3. The van der Waals surface area contributed by atoms with Gasteiger partial charge in [-0.2, -0.15) is 0 Å². The number of rotatable bonds is 4. The maximum atomic E-state index is 11.3. The fourth-order valence-electron chi connectivity index (χ4n) is 3.49. The van der Waals surface area contributed by atoms with Crippen LogP contribution in [0.15, 0.2) is 77.7 Å². The van der Waals surface area contributed by atoms with Crippen LogP contribution in [0.2, 0.25) is 0 Å². The van der Waals surface area contributed by atoms with Crippen LogP contribution < -0.4 is 10.6 Å². The highest BCUT2D eigenvalue weighted by Crippen LogP contribution is 2.26. The molecule has 238 valence electrons.